The van der Waals surface area contributed by atoms with E-state index < -0.39 is 0 Å². The summed E-state index contributed by atoms with van der Waals surface area (Å²) in [5.74, 6) is -0.531. The molecule has 0 saturated carbocycles. The summed E-state index contributed by atoms with van der Waals surface area (Å²) in [4.78, 5) is 12.0. The largest absolute Gasteiger partial charge is 0.348 e. The van der Waals surface area contributed by atoms with E-state index in [4.69, 9.17) is 0 Å². The Morgan fingerprint density at radius 1 is 1.26 bits per heavy atom. The molecule has 0 aliphatic rings. The van der Waals surface area contributed by atoms with Crippen LogP contribution in [0.25, 0.3) is 0 Å². The van der Waals surface area contributed by atoms with Crippen LogP contribution in [0.15, 0.2) is 36.3 Å². The van der Waals surface area contributed by atoms with Crippen LogP contribution in [0.2, 0.25) is 0 Å². The summed E-state index contributed by atoms with van der Waals surface area (Å²) >= 11 is 11.4. The predicted molar refractivity (Wildman–Crippen MR) is 85.0 cm³/mol. The SMILES string of the molecule is O=C(NCc1cc(F)ccc1Br)c1cc(Br)sc1Br. The third-order valence-electron chi connectivity index (χ3n) is 2.35. The molecule has 1 N–H and O–H groups in total. The van der Waals surface area contributed by atoms with Gasteiger partial charge in [0.05, 0.1) is 13.1 Å². The Morgan fingerprint density at radius 2 is 2.00 bits per heavy atom. The predicted octanol–water partition coefficient (Wildman–Crippen LogP) is 5.10. The molecule has 0 bridgehead atoms. The number of halogens is 4. The van der Waals surface area contributed by atoms with Gasteiger partial charge in [-0.25, -0.2) is 4.39 Å². The molecule has 0 spiro atoms. The minimum absolute atomic E-state index is 0.204. The average molecular weight is 472 g/mol. The molecule has 1 amide bonds. The number of hydrogen-bond donors (Lipinski definition) is 1. The highest BCUT2D eigenvalue weighted by molar-refractivity contribution is 9.12. The fraction of sp³-hybridized carbons (Fsp3) is 0.0833. The number of nitrogens with one attached hydrogen (secondary N) is 1. The third kappa shape index (κ3) is 3.87. The van der Waals surface area contributed by atoms with Crippen LogP contribution in [0.3, 0.4) is 0 Å². The average Bonchev–Trinajstić information content (AvgIpc) is 2.69. The van der Waals surface area contributed by atoms with E-state index in [9.17, 15) is 9.18 Å². The molecular weight excluding hydrogens is 465 g/mol. The summed E-state index contributed by atoms with van der Waals surface area (Å²) in [6.07, 6.45) is 0. The smallest absolute Gasteiger partial charge is 0.253 e. The van der Waals surface area contributed by atoms with Gasteiger partial charge in [0.2, 0.25) is 0 Å². The van der Waals surface area contributed by atoms with Gasteiger partial charge < -0.3 is 5.32 Å². The lowest BCUT2D eigenvalue weighted by atomic mass is 10.2. The van der Waals surface area contributed by atoms with Gasteiger partial charge in [-0.1, -0.05) is 15.9 Å². The zero-order valence-corrected chi connectivity index (χ0v) is 14.9. The van der Waals surface area contributed by atoms with Crippen molar-refractivity contribution in [1.29, 1.82) is 0 Å². The molecule has 2 nitrogen and oxygen atoms in total. The topological polar surface area (TPSA) is 29.1 Å². The van der Waals surface area contributed by atoms with Crippen molar-refractivity contribution < 1.29 is 9.18 Å². The van der Waals surface area contributed by atoms with Gasteiger partial charge in [-0.05, 0) is 61.7 Å². The fourth-order valence-corrected chi connectivity index (χ4v) is 4.62. The van der Waals surface area contributed by atoms with E-state index in [0.717, 1.165) is 12.0 Å². The van der Waals surface area contributed by atoms with E-state index in [-0.39, 0.29) is 18.3 Å². The van der Waals surface area contributed by atoms with E-state index in [1.165, 1.54) is 23.5 Å². The zero-order chi connectivity index (χ0) is 14.0. The van der Waals surface area contributed by atoms with Gasteiger partial charge in [0.15, 0.2) is 0 Å². The van der Waals surface area contributed by atoms with Crippen molar-refractivity contribution >= 4 is 65.0 Å². The van der Waals surface area contributed by atoms with Crippen LogP contribution in [0.4, 0.5) is 4.39 Å². The Kier molecular flexibility index (Phi) is 5.16. The Hall–Kier alpha value is -0.240. The Labute approximate surface area is 138 Å². The summed E-state index contributed by atoms with van der Waals surface area (Å²) in [7, 11) is 0. The van der Waals surface area contributed by atoms with Gasteiger partial charge in [0.1, 0.15) is 5.82 Å². The van der Waals surface area contributed by atoms with Gasteiger partial charge in [0, 0.05) is 11.0 Å². The Bertz CT molecular complexity index is 629. The fourth-order valence-electron chi connectivity index (χ4n) is 1.44. The molecule has 1 aromatic carbocycles. The maximum absolute atomic E-state index is 13.1. The molecule has 0 aliphatic carbocycles. The lowest BCUT2D eigenvalue weighted by Crippen LogP contribution is -2.22. The molecular formula is C12H7Br3FNOS. The van der Waals surface area contributed by atoms with Crippen molar-refractivity contribution in [3.05, 3.63) is 53.3 Å². The number of hydrogen-bond acceptors (Lipinski definition) is 2. The van der Waals surface area contributed by atoms with Crippen LogP contribution in [0, 0.1) is 5.82 Å². The lowest BCUT2D eigenvalue weighted by Gasteiger charge is -2.07. The maximum atomic E-state index is 13.1. The van der Waals surface area contributed by atoms with E-state index >= 15 is 0 Å². The molecule has 2 rings (SSSR count). The lowest BCUT2D eigenvalue weighted by molar-refractivity contribution is 0.0950. The number of benzene rings is 1. The van der Waals surface area contributed by atoms with Crippen LogP contribution in [0.1, 0.15) is 15.9 Å². The quantitative estimate of drug-likeness (QED) is 0.662. The Morgan fingerprint density at radius 3 is 2.63 bits per heavy atom. The first kappa shape index (κ1) is 15.2. The number of rotatable bonds is 3. The first-order chi connectivity index (χ1) is 8.97. The summed E-state index contributed by atoms with van der Waals surface area (Å²) in [5.41, 5.74) is 1.25. The molecule has 2 aromatic rings. The molecule has 100 valence electrons. The summed E-state index contributed by atoms with van der Waals surface area (Å²) in [6.45, 7) is 0.261. The van der Waals surface area contributed by atoms with Crippen molar-refractivity contribution in [2.24, 2.45) is 0 Å². The highest BCUT2D eigenvalue weighted by Gasteiger charge is 2.13. The van der Waals surface area contributed by atoms with Gasteiger partial charge >= 0.3 is 0 Å². The van der Waals surface area contributed by atoms with E-state index in [0.29, 0.717) is 11.1 Å². The molecule has 0 radical (unpaired) electrons. The van der Waals surface area contributed by atoms with Gasteiger partial charge in [-0.3, -0.25) is 4.79 Å². The molecule has 1 heterocycles. The summed E-state index contributed by atoms with van der Waals surface area (Å²) in [6, 6.07) is 6.11. The van der Waals surface area contributed by atoms with E-state index in [2.05, 4.69) is 53.1 Å². The second-order valence-corrected chi connectivity index (χ2v) is 8.26. The Balaban J connectivity index is 2.08. The van der Waals surface area contributed by atoms with Crippen molar-refractivity contribution in [3.8, 4) is 0 Å². The number of thiophene rings is 1. The molecule has 1 aromatic heterocycles. The van der Waals surface area contributed by atoms with Crippen LogP contribution in [-0.2, 0) is 6.54 Å². The first-order valence-corrected chi connectivity index (χ1v) is 8.34. The minimum atomic E-state index is -0.327. The van der Waals surface area contributed by atoms with Gasteiger partial charge in [-0.2, -0.15) is 0 Å². The third-order valence-corrected chi connectivity index (χ3v) is 5.46. The van der Waals surface area contributed by atoms with Crippen LogP contribution >= 0.6 is 59.1 Å². The van der Waals surface area contributed by atoms with E-state index in [1.807, 2.05) is 0 Å². The van der Waals surface area contributed by atoms with Crippen molar-refractivity contribution in [2.75, 3.05) is 0 Å². The molecule has 0 unspecified atom stereocenters. The normalized spacial score (nSPS) is 10.5. The highest BCUT2D eigenvalue weighted by atomic mass is 79.9. The number of carbonyl (C=O) groups is 1. The van der Waals surface area contributed by atoms with Crippen LogP contribution in [-0.4, -0.2) is 5.91 Å². The highest BCUT2D eigenvalue weighted by Crippen LogP contribution is 2.31. The number of amides is 1. The second kappa shape index (κ2) is 6.47. The van der Waals surface area contributed by atoms with E-state index in [1.54, 1.807) is 12.1 Å². The summed E-state index contributed by atoms with van der Waals surface area (Å²) < 4.78 is 15.5. The second-order valence-electron chi connectivity index (χ2n) is 3.66. The maximum Gasteiger partial charge on any atom is 0.253 e. The number of carbonyl (C=O) groups excluding carboxylic acids is 1. The minimum Gasteiger partial charge on any atom is -0.348 e. The molecule has 0 saturated heterocycles. The van der Waals surface area contributed by atoms with Crippen LogP contribution in [0.5, 0.6) is 0 Å². The van der Waals surface area contributed by atoms with Gasteiger partial charge in [-0.15, -0.1) is 11.3 Å². The van der Waals surface area contributed by atoms with Crippen LogP contribution < -0.4 is 5.32 Å². The van der Waals surface area contributed by atoms with Gasteiger partial charge in [0.25, 0.3) is 5.91 Å². The molecule has 0 fully saturated rings. The van der Waals surface area contributed by atoms with Crippen molar-refractivity contribution in [1.82, 2.24) is 5.32 Å². The summed E-state index contributed by atoms with van der Waals surface area (Å²) in [5, 5.41) is 2.76. The molecule has 7 heteroatoms. The monoisotopic (exact) mass is 469 g/mol. The molecule has 0 atom stereocenters. The zero-order valence-electron chi connectivity index (χ0n) is 9.34. The molecule has 0 aliphatic heterocycles. The standard InChI is InChI=1S/C12H7Br3FNOS/c13-9-2-1-7(16)3-6(9)5-17-12(18)8-4-10(14)19-11(8)15/h1-4H,5H2,(H,17,18). The van der Waals surface area contributed by atoms with Crippen molar-refractivity contribution in [2.45, 2.75) is 6.54 Å². The molecule has 19 heavy (non-hydrogen) atoms. The first-order valence-electron chi connectivity index (χ1n) is 5.14. The van der Waals surface area contributed by atoms with Crippen molar-refractivity contribution in [3.63, 3.8) is 0 Å².